The van der Waals surface area contributed by atoms with Crippen LogP contribution in [0.25, 0.3) is 11.0 Å². The highest BCUT2D eigenvalue weighted by Crippen LogP contribution is 2.17. The SMILES string of the molecule is CO[Si](CCn1cnc2ccccc21)(OC)OC. The molecular formula is C12H18N2O3Si. The lowest BCUT2D eigenvalue weighted by atomic mass is 10.3. The van der Waals surface area contributed by atoms with Crippen molar-refractivity contribution in [3.63, 3.8) is 0 Å². The second-order valence-electron chi connectivity index (χ2n) is 3.97. The first kappa shape index (κ1) is 13.2. The Kier molecular flexibility index (Phi) is 4.13. The van der Waals surface area contributed by atoms with Crippen molar-refractivity contribution < 1.29 is 13.3 Å². The van der Waals surface area contributed by atoms with Crippen molar-refractivity contribution in [2.75, 3.05) is 21.3 Å². The summed E-state index contributed by atoms with van der Waals surface area (Å²) in [5.74, 6) is 0. The Hall–Kier alpha value is -1.21. The van der Waals surface area contributed by atoms with Crippen LogP contribution >= 0.6 is 0 Å². The molecule has 1 heterocycles. The molecule has 0 N–H and O–H groups in total. The fourth-order valence-electron chi connectivity index (χ4n) is 2.00. The minimum Gasteiger partial charge on any atom is -0.377 e. The molecular weight excluding hydrogens is 248 g/mol. The topological polar surface area (TPSA) is 45.5 Å². The van der Waals surface area contributed by atoms with Gasteiger partial charge in [-0.15, -0.1) is 0 Å². The van der Waals surface area contributed by atoms with Crippen LogP contribution in [0, 0.1) is 0 Å². The van der Waals surface area contributed by atoms with Crippen LogP contribution < -0.4 is 0 Å². The summed E-state index contributed by atoms with van der Waals surface area (Å²) in [6, 6.07) is 8.76. The zero-order valence-electron chi connectivity index (χ0n) is 10.9. The third kappa shape index (κ3) is 2.46. The van der Waals surface area contributed by atoms with Gasteiger partial charge >= 0.3 is 8.80 Å². The Bertz CT molecular complexity index is 502. The summed E-state index contributed by atoms with van der Waals surface area (Å²) in [4.78, 5) is 4.35. The van der Waals surface area contributed by atoms with E-state index in [4.69, 9.17) is 13.3 Å². The standard InChI is InChI=1S/C12H18N2O3Si/c1-15-18(16-2,17-3)9-8-14-10-13-11-6-4-5-7-12(11)14/h4-7,10H,8-9H2,1-3H3. The van der Waals surface area contributed by atoms with Gasteiger partial charge in [0.25, 0.3) is 0 Å². The normalized spacial score (nSPS) is 12.2. The van der Waals surface area contributed by atoms with E-state index in [9.17, 15) is 0 Å². The molecule has 0 aliphatic rings. The van der Waals surface area contributed by atoms with Gasteiger partial charge < -0.3 is 17.8 Å². The van der Waals surface area contributed by atoms with Crippen molar-refractivity contribution in [2.24, 2.45) is 0 Å². The number of benzene rings is 1. The van der Waals surface area contributed by atoms with Crippen molar-refractivity contribution in [3.8, 4) is 0 Å². The Morgan fingerprint density at radius 3 is 2.44 bits per heavy atom. The number of hydrogen-bond donors (Lipinski definition) is 0. The van der Waals surface area contributed by atoms with E-state index in [1.165, 1.54) is 0 Å². The maximum atomic E-state index is 5.41. The first-order valence-electron chi connectivity index (χ1n) is 5.80. The summed E-state index contributed by atoms with van der Waals surface area (Å²) in [6.45, 7) is 0.766. The van der Waals surface area contributed by atoms with E-state index in [0.29, 0.717) is 0 Å². The fraction of sp³-hybridized carbons (Fsp3) is 0.417. The van der Waals surface area contributed by atoms with Gasteiger partial charge in [0.2, 0.25) is 0 Å². The molecule has 0 aliphatic carbocycles. The maximum Gasteiger partial charge on any atom is 0.501 e. The van der Waals surface area contributed by atoms with Gasteiger partial charge in [-0.1, -0.05) is 12.1 Å². The average molecular weight is 266 g/mol. The van der Waals surface area contributed by atoms with E-state index >= 15 is 0 Å². The summed E-state index contributed by atoms with van der Waals surface area (Å²) >= 11 is 0. The van der Waals surface area contributed by atoms with Gasteiger partial charge in [0, 0.05) is 33.9 Å². The van der Waals surface area contributed by atoms with Gasteiger partial charge in [-0.05, 0) is 12.1 Å². The largest absolute Gasteiger partial charge is 0.501 e. The number of para-hydroxylation sites is 2. The number of aryl methyl sites for hydroxylation is 1. The lowest BCUT2D eigenvalue weighted by Gasteiger charge is -2.24. The molecule has 0 amide bonds. The molecule has 0 spiro atoms. The molecule has 98 valence electrons. The predicted octanol–water partition coefficient (Wildman–Crippen LogP) is 1.91. The summed E-state index contributed by atoms with van der Waals surface area (Å²) in [5, 5.41) is 0. The molecule has 2 rings (SSSR count). The lowest BCUT2D eigenvalue weighted by Crippen LogP contribution is -2.43. The van der Waals surface area contributed by atoms with Gasteiger partial charge in [-0.3, -0.25) is 0 Å². The van der Waals surface area contributed by atoms with Gasteiger partial charge in [0.15, 0.2) is 0 Å². The third-order valence-corrected chi connectivity index (χ3v) is 5.82. The van der Waals surface area contributed by atoms with Crippen LogP contribution in [-0.2, 0) is 19.8 Å². The molecule has 2 aromatic rings. The van der Waals surface area contributed by atoms with Crippen LogP contribution in [0.15, 0.2) is 30.6 Å². The van der Waals surface area contributed by atoms with E-state index in [1.807, 2.05) is 24.5 Å². The Balaban J connectivity index is 2.14. The van der Waals surface area contributed by atoms with Crippen molar-refractivity contribution in [2.45, 2.75) is 12.6 Å². The second-order valence-corrected chi connectivity index (χ2v) is 7.06. The number of aromatic nitrogens is 2. The minimum atomic E-state index is -2.51. The average Bonchev–Trinajstić information content (AvgIpc) is 2.85. The van der Waals surface area contributed by atoms with E-state index in [2.05, 4.69) is 15.6 Å². The molecule has 0 saturated heterocycles. The molecule has 1 aromatic heterocycles. The molecule has 1 aromatic carbocycles. The minimum absolute atomic E-state index is 0.719. The van der Waals surface area contributed by atoms with Crippen molar-refractivity contribution in [3.05, 3.63) is 30.6 Å². The molecule has 0 bridgehead atoms. The van der Waals surface area contributed by atoms with Crippen LogP contribution in [0.1, 0.15) is 0 Å². The Morgan fingerprint density at radius 1 is 1.11 bits per heavy atom. The monoisotopic (exact) mass is 266 g/mol. The molecule has 0 unspecified atom stereocenters. The number of rotatable bonds is 6. The zero-order chi connectivity index (χ0) is 13.0. The fourth-order valence-corrected chi connectivity index (χ4v) is 3.63. The van der Waals surface area contributed by atoms with Gasteiger partial charge in [-0.2, -0.15) is 0 Å². The lowest BCUT2D eigenvalue weighted by molar-refractivity contribution is 0.122. The van der Waals surface area contributed by atoms with Crippen molar-refractivity contribution >= 4 is 19.8 Å². The summed E-state index contributed by atoms with van der Waals surface area (Å²) in [7, 11) is 2.38. The predicted molar refractivity (Wildman–Crippen MR) is 71.3 cm³/mol. The van der Waals surface area contributed by atoms with E-state index in [1.54, 1.807) is 21.3 Å². The molecule has 6 heteroatoms. The van der Waals surface area contributed by atoms with Crippen LogP contribution in [0.5, 0.6) is 0 Å². The van der Waals surface area contributed by atoms with Crippen LogP contribution in [0.4, 0.5) is 0 Å². The maximum absolute atomic E-state index is 5.41. The molecule has 5 nitrogen and oxygen atoms in total. The third-order valence-electron chi connectivity index (χ3n) is 3.12. The summed E-state index contributed by atoms with van der Waals surface area (Å²) in [6.07, 6.45) is 1.84. The van der Waals surface area contributed by atoms with Crippen molar-refractivity contribution in [1.29, 1.82) is 0 Å². The van der Waals surface area contributed by atoms with Gasteiger partial charge in [0.05, 0.1) is 17.4 Å². The second kappa shape index (κ2) is 5.62. The molecule has 0 fully saturated rings. The van der Waals surface area contributed by atoms with E-state index < -0.39 is 8.80 Å². The van der Waals surface area contributed by atoms with Crippen LogP contribution in [-0.4, -0.2) is 39.7 Å². The van der Waals surface area contributed by atoms with Gasteiger partial charge in [-0.25, -0.2) is 4.98 Å². The number of nitrogens with zero attached hydrogens (tertiary/aromatic N) is 2. The van der Waals surface area contributed by atoms with Crippen molar-refractivity contribution in [1.82, 2.24) is 9.55 Å². The number of imidazole rings is 1. The summed E-state index contributed by atoms with van der Waals surface area (Å²) < 4.78 is 18.3. The molecule has 0 atom stereocenters. The Morgan fingerprint density at radius 2 is 1.78 bits per heavy atom. The highest BCUT2D eigenvalue weighted by atomic mass is 28.4. The van der Waals surface area contributed by atoms with Crippen LogP contribution in [0.3, 0.4) is 0 Å². The Labute approximate surface area is 108 Å². The quantitative estimate of drug-likeness (QED) is 0.749. The molecule has 0 aliphatic heterocycles. The van der Waals surface area contributed by atoms with Crippen LogP contribution in [0.2, 0.25) is 6.04 Å². The molecule has 0 saturated carbocycles. The highest BCUT2D eigenvalue weighted by Gasteiger charge is 2.37. The van der Waals surface area contributed by atoms with E-state index in [0.717, 1.165) is 23.6 Å². The first-order valence-corrected chi connectivity index (χ1v) is 7.73. The number of fused-ring (bicyclic) bond motifs is 1. The highest BCUT2D eigenvalue weighted by molar-refractivity contribution is 6.60. The number of hydrogen-bond acceptors (Lipinski definition) is 4. The summed E-state index contributed by atoms with van der Waals surface area (Å²) in [5.41, 5.74) is 2.11. The van der Waals surface area contributed by atoms with Gasteiger partial charge in [0.1, 0.15) is 0 Å². The molecule has 0 radical (unpaired) electrons. The first-order chi connectivity index (χ1) is 8.74. The smallest absolute Gasteiger partial charge is 0.377 e. The van der Waals surface area contributed by atoms with E-state index in [-0.39, 0.29) is 0 Å². The molecule has 18 heavy (non-hydrogen) atoms. The zero-order valence-corrected chi connectivity index (χ0v) is 11.9.